The molecule has 0 amide bonds. The van der Waals surface area contributed by atoms with E-state index in [1.54, 1.807) is 0 Å². The van der Waals surface area contributed by atoms with E-state index in [1.165, 1.54) is 81.7 Å². The molecule has 0 radical (unpaired) electrons. The number of rotatable bonds is 14. The lowest BCUT2D eigenvalue weighted by Gasteiger charge is -2.39. The summed E-state index contributed by atoms with van der Waals surface area (Å²) in [5.74, 6) is 4.84. The standard InChI is InChI=1S/C26H35BrN6.C25H33BrN6.C24H31BrN6.C24H31ClN6/c1-18(2)31-14-16-32(17-15-31)23-12-6-11-22-29-25(26(27)33(22)23)21-10-5-9-20(30(21)4)24-19(3)8-7-13-28-24;1-4-30-14-16-31(17-15-30)22-12-6-11-21-28-24(25(26)32(21)22)20-10-5-9-19(29(20)3)23-18(2)8-7-13-27-23;2*1-17-7-6-12-26-22(17)18-8-4-9-19(29(18)3)23-24(25)31-20(27-23)10-5-11-21(31)30-15-13-28(2)14-16-30/h6-8,11-13,18,20-21H,5,9-10,14-17H2,1-4H3;6-8,11-13,19-20H,4-5,9-10,14-17H2,1-3H3;2*5-7,10-12,18-19H,4,8-9,13-16H2,1-3H3/t20-,21+;19-,20+;2*18-,19+/m0000/s1. The van der Waals surface area contributed by atoms with Crippen molar-refractivity contribution in [2.24, 2.45) is 0 Å². The van der Waals surface area contributed by atoms with Crippen LogP contribution in [-0.2, 0) is 0 Å². The highest BCUT2D eigenvalue weighted by molar-refractivity contribution is 9.11. The van der Waals surface area contributed by atoms with Gasteiger partial charge in [-0.25, -0.2) is 19.9 Å². The average Bonchev–Trinajstić information content (AvgIpc) is 1.63. The number of fused-ring (bicyclic) bond motifs is 4. The first-order chi connectivity index (χ1) is 61.6. The number of anilines is 4. The van der Waals surface area contributed by atoms with Crippen LogP contribution in [0.15, 0.2) is 160 Å². The van der Waals surface area contributed by atoms with Gasteiger partial charge in [0, 0.05) is 136 Å². The number of piperidine rings is 4. The Balaban J connectivity index is 0.000000119. The number of aryl methyl sites for hydroxylation is 4. The fourth-order valence-electron chi connectivity index (χ4n) is 21.4. The number of halogens is 4. The number of likely N-dealkylation sites (N-methyl/N-ethyl adjacent to an activating group) is 3. The van der Waals surface area contributed by atoms with Crippen LogP contribution in [-0.4, -0.2) is 256 Å². The van der Waals surface area contributed by atoms with Crippen molar-refractivity contribution in [1.29, 1.82) is 0 Å². The van der Waals surface area contributed by atoms with E-state index in [0.29, 0.717) is 24.2 Å². The van der Waals surface area contributed by atoms with Crippen LogP contribution in [0.4, 0.5) is 23.3 Å². The maximum Gasteiger partial charge on any atom is 0.139 e. The van der Waals surface area contributed by atoms with Crippen LogP contribution in [0.3, 0.4) is 0 Å². The van der Waals surface area contributed by atoms with E-state index in [2.05, 4.69) is 312 Å². The van der Waals surface area contributed by atoms with Crippen LogP contribution in [0.2, 0.25) is 5.15 Å². The Morgan fingerprint density at radius 2 is 0.567 bits per heavy atom. The molecule has 8 atom stereocenters. The van der Waals surface area contributed by atoms with Crippen molar-refractivity contribution in [2.45, 2.75) is 180 Å². The van der Waals surface area contributed by atoms with Crippen LogP contribution in [0.1, 0.15) is 214 Å². The summed E-state index contributed by atoms with van der Waals surface area (Å²) in [6.07, 6.45) is 21.3. The average molecular weight is 1930 g/mol. The predicted molar refractivity (Wildman–Crippen MR) is 526 cm³/mol. The second kappa shape index (κ2) is 40.4. The number of imidazole rings is 4. The molecule has 0 unspecified atom stereocenters. The first kappa shape index (κ1) is 90.9. The fraction of sp³-hybridized carbons (Fsp3) is 0.515. The van der Waals surface area contributed by atoms with E-state index in [4.69, 9.17) is 51.5 Å². The van der Waals surface area contributed by atoms with Gasteiger partial charge in [-0.15, -0.1) is 0 Å². The fourth-order valence-corrected chi connectivity index (χ4v) is 23.9. The molecule has 0 bridgehead atoms. The summed E-state index contributed by atoms with van der Waals surface area (Å²) in [4.78, 5) is 69.1. The SMILES string of the molecule is CCN1CCN(c2cccc3nc([C@H]4CCC[C@@H](c5ncccc5C)N4C)c(Br)n23)CC1.Cc1cccnc1[C@@H]1CCC[C@H](c2nc3cccc(N4CCN(C(C)C)CC4)n3c2Br)N1C.Cc1cccnc1[C@@H]1CCC[C@H](c2nc3cccc(N4CCN(C)CC4)n3c2Br)N1C.Cc1cccnc1[C@@H]1CCC[C@H](c2nc3cccc(N4CCN(C)CC4)n3c2Cl)N1C. The summed E-state index contributed by atoms with van der Waals surface area (Å²) in [7, 11) is 13.3. The van der Waals surface area contributed by atoms with Crippen molar-refractivity contribution in [3.63, 3.8) is 0 Å². The third-order valence-electron chi connectivity index (χ3n) is 29.0. The second-order valence-corrected chi connectivity index (χ2v) is 39.5. The Bertz CT molecular complexity index is 5570. The number of likely N-dealkylation sites (tertiary alicyclic amines) is 4. The van der Waals surface area contributed by atoms with Crippen LogP contribution >= 0.6 is 59.4 Å². The molecule has 0 aliphatic carbocycles. The Kier molecular flexibility index (Phi) is 28.9. The predicted octanol–water partition coefficient (Wildman–Crippen LogP) is 18.9. The van der Waals surface area contributed by atoms with Crippen molar-refractivity contribution >= 4 is 105 Å². The van der Waals surface area contributed by atoms with Gasteiger partial charge in [0.1, 0.15) is 64.8 Å². The smallest absolute Gasteiger partial charge is 0.139 e. The molecule has 127 heavy (non-hydrogen) atoms. The number of nitrogens with zero attached hydrogens (tertiary/aromatic N) is 24. The first-order valence-electron chi connectivity index (χ1n) is 46.7. The summed E-state index contributed by atoms with van der Waals surface area (Å²) in [6, 6.07) is 45.5. The third kappa shape index (κ3) is 18.9. The minimum atomic E-state index is 0.188. The summed E-state index contributed by atoms with van der Waals surface area (Å²) in [5, 5.41) is 0.750. The molecule has 28 heteroatoms. The number of hydrogen-bond donors (Lipinski definition) is 0. The zero-order valence-electron chi connectivity index (χ0n) is 76.8. The largest absolute Gasteiger partial charge is 0.355 e. The molecular formula is C99H130Br3ClN24. The Labute approximate surface area is 782 Å². The summed E-state index contributed by atoms with van der Waals surface area (Å²) >= 11 is 19.0. The zero-order chi connectivity index (χ0) is 88.4. The van der Waals surface area contributed by atoms with Gasteiger partial charge in [0.2, 0.25) is 0 Å². The summed E-state index contributed by atoms with van der Waals surface area (Å²) < 4.78 is 12.3. The van der Waals surface area contributed by atoms with Crippen molar-refractivity contribution in [1.82, 2.24) is 96.7 Å². The van der Waals surface area contributed by atoms with Gasteiger partial charge in [-0.05, 0) is 310 Å². The van der Waals surface area contributed by atoms with Gasteiger partial charge in [0.05, 0.1) is 93.9 Å². The Morgan fingerprint density at radius 1 is 0.315 bits per heavy atom. The molecule has 12 aromatic heterocycles. The topological polar surface area (TPSA) is 160 Å². The minimum absolute atomic E-state index is 0.188. The molecule has 8 aliphatic heterocycles. The monoisotopic (exact) mass is 1930 g/mol. The van der Waals surface area contributed by atoms with E-state index >= 15 is 0 Å². The summed E-state index contributed by atoms with van der Waals surface area (Å²) in [6.45, 7) is 33.6. The van der Waals surface area contributed by atoms with Crippen LogP contribution in [0.5, 0.6) is 0 Å². The lowest BCUT2D eigenvalue weighted by molar-refractivity contribution is 0.109. The number of hydrogen-bond acceptors (Lipinski definition) is 20. The van der Waals surface area contributed by atoms with Crippen molar-refractivity contribution < 1.29 is 0 Å². The number of piperazine rings is 4. The van der Waals surface area contributed by atoms with E-state index in [9.17, 15) is 0 Å². The number of pyridine rings is 8. The molecule has 20 rings (SSSR count). The summed E-state index contributed by atoms with van der Waals surface area (Å²) in [5.41, 5.74) is 18.2. The maximum atomic E-state index is 7.05. The molecule has 0 saturated carbocycles. The quantitative estimate of drug-likeness (QED) is 0.101. The highest BCUT2D eigenvalue weighted by atomic mass is 79.9. The van der Waals surface area contributed by atoms with Gasteiger partial charge >= 0.3 is 0 Å². The van der Waals surface area contributed by atoms with Crippen LogP contribution < -0.4 is 19.6 Å². The lowest BCUT2D eigenvalue weighted by Crippen LogP contribution is -2.49. The molecule has 8 fully saturated rings. The van der Waals surface area contributed by atoms with Crippen LogP contribution in [0.25, 0.3) is 22.6 Å². The van der Waals surface area contributed by atoms with Crippen LogP contribution in [0, 0.1) is 27.7 Å². The maximum absolute atomic E-state index is 7.05. The normalized spacial score (nSPS) is 23.3. The molecule has 8 aliphatic rings. The zero-order valence-corrected chi connectivity index (χ0v) is 82.3. The highest BCUT2D eigenvalue weighted by Crippen LogP contribution is 2.49. The van der Waals surface area contributed by atoms with Gasteiger partial charge in [-0.2, -0.15) is 0 Å². The van der Waals surface area contributed by atoms with Gasteiger partial charge in [-0.3, -0.25) is 62.0 Å². The Hall–Kier alpha value is -8.03. The van der Waals surface area contributed by atoms with Gasteiger partial charge in [0.25, 0.3) is 0 Å². The Morgan fingerprint density at radius 3 is 0.850 bits per heavy atom. The molecule has 0 N–H and O–H groups in total. The third-order valence-corrected chi connectivity index (χ3v) is 31.7. The highest BCUT2D eigenvalue weighted by Gasteiger charge is 2.41. The number of aromatic nitrogens is 12. The molecular weight excluding hydrogens is 1800 g/mol. The molecule has 8 saturated heterocycles. The van der Waals surface area contributed by atoms with E-state index < -0.39 is 0 Å². The van der Waals surface area contributed by atoms with E-state index in [0.717, 1.165) is 239 Å². The molecule has 24 nitrogen and oxygen atoms in total. The molecule has 12 aromatic rings. The molecule has 674 valence electrons. The van der Waals surface area contributed by atoms with E-state index in [-0.39, 0.29) is 30.2 Å². The molecule has 20 heterocycles. The van der Waals surface area contributed by atoms with Gasteiger partial charge in [-0.1, -0.05) is 67.1 Å². The second-order valence-electron chi connectivity index (χ2n) is 36.9. The molecule has 0 spiro atoms. The lowest BCUT2D eigenvalue weighted by atomic mass is 9.91. The van der Waals surface area contributed by atoms with E-state index in [1.807, 2.05) is 49.1 Å². The van der Waals surface area contributed by atoms with Gasteiger partial charge < -0.3 is 34.3 Å². The van der Waals surface area contributed by atoms with Crippen molar-refractivity contribution in [3.05, 3.63) is 233 Å². The minimum Gasteiger partial charge on any atom is -0.355 e. The first-order valence-corrected chi connectivity index (χ1v) is 49.4. The van der Waals surface area contributed by atoms with Gasteiger partial charge in [0.15, 0.2) is 0 Å². The molecule has 0 aromatic carbocycles. The van der Waals surface area contributed by atoms with Crippen molar-refractivity contribution in [2.75, 3.05) is 173 Å². The van der Waals surface area contributed by atoms with Crippen molar-refractivity contribution in [3.8, 4) is 0 Å².